The van der Waals surface area contributed by atoms with Crippen LogP contribution in [0.3, 0.4) is 0 Å². The zero-order valence-electron chi connectivity index (χ0n) is 10.3. The van der Waals surface area contributed by atoms with E-state index in [4.69, 9.17) is 14.5 Å². The van der Waals surface area contributed by atoms with Gasteiger partial charge in [-0.3, -0.25) is 18.9 Å². The number of hydrogen-bond donors (Lipinski definition) is 3. The second-order valence-corrected chi connectivity index (χ2v) is 5.58. The molecule has 0 bridgehead atoms. The van der Waals surface area contributed by atoms with Gasteiger partial charge in [-0.1, -0.05) is 6.58 Å². The van der Waals surface area contributed by atoms with Crippen LogP contribution >= 0.6 is 7.60 Å². The van der Waals surface area contributed by atoms with Gasteiger partial charge in [-0.15, -0.1) is 0 Å². The third kappa shape index (κ3) is 4.96. The third-order valence-electron chi connectivity index (χ3n) is 2.41. The number of hydrogen-bond acceptors (Lipinski definition) is 4. The van der Waals surface area contributed by atoms with Crippen LogP contribution < -0.4 is 11.2 Å². The van der Waals surface area contributed by atoms with Gasteiger partial charge in [0.05, 0.1) is 12.6 Å². The van der Waals surface area contributed by atoms with Crippen LogP contribution in [0.2, 0.25) is 0 Å². The lowest BCUT2D eigenvalue weighted by Crippen LogP contribution is -2.31. The highest BCUT2D eigenvalue weighted by Crippen LogP contribution is 2.34. The summed E-state index contributed by atoms with van der Waals surface area (Å²) < 4.78 is 16.6. The molecule has 0 aliphatic carbocycles. The SMILES string of the molecule is C=C(COCP(=O)(O)O)C(C)n1ccc(=O)[nH]c1=O. The second kappa shape index (κ2) is 6.12. The molecule has 1 atom stereocenters. The van der Waals surface area contributed by atoms with Crippen molar-refractivity contribution in [3.05, 3.63) is 45.3 Å². The quantitative estimate of drug-likeness (QED) is 0.493. The minimum atomic E-state index is -4.22. The summed E-state index contributed by atoms with van der Waals surface area (Å²) in [7, 11) is -4.22. The Morgan fingerprint density at radius 1 is 1.58 bits per heavy atom. The molecule has 0 spiro atoms. The number of H-pyrrole nitrogens is 1. The van der Waals surface area contributed by atoms with E-state index in [2.05, 4.69) is 11.6 Å². The molecule has 1 aromatic rings. The monoisotopic (exact) mass is 290 g/mol. The highest BCUT2D eigenvalue weighted by atomic mass is 31.2. The van der Waals surface area contributed by atoms with E-state index in [1.54, 1.807) is 6.92 Å². The lowest BCUT2D eigenvalue weighted by Gasteiger charge is -2.17. The van der Waals surface area contributed by atoms with Crippen LogP contribution in [-0.4, -0.2) is 32.3 Å². The average Bonchev–Trinajstić information content (AvgIpc) is 2.26. The van der Waals surface area contributed by atoms with Crippen molar-refractivity contribution in [1.82, 2.24) is 9.55 Å². The van der Waals surface area contributed by atoms with Gasteiger partial charge in [0.2, 0.25) is 0 Å². The van der Waals surface area contributed by atoms with Gasteiger partial charge in [-0.2, -0.15) is 0 Å². The van der Waals surface area contributed by atoms with E-state index in [1.807, 2.05) is 0 Å². The van der Waals surface area contributed by atoms with Crippen LogP contribution in [0.15, 0.2) is 34.0 Å². The summed E-state index contributed by atoms with van der Waals surface area (Å²) in [5.74, 6) is 0. The zero-order chi connectivity index (χ0) is 14.6. The summed E-state index contributed by atoms with van der Waals surface area (Å²) in [6.45, 7) is 5.24. The number of rotatable bonds is 6. The van der Waals surface area contributed by atoms with Crippen LogP contribution in [0.5, 0.6) is 0 Å². The zero-order valence-corrected chi connectivity index (χ0v) is 11.2. The molecule has 0 aliphatic rings. The van der Waals surface area contributed by atoms with E-state index in [-0.39, 0.29) is 6.61 Å². The number of aromatic amines is 1. The van der Waals surface area contributed by atoms with Crippen molar-refractivity contribution in [2.45, 2.75) is 13.0 Å². The molecule has 106 valence electrons. The molecule has 0 saturated heterocycles. The number of ether oxygens (including phenoxy) is 1. The van der Waals surface area contributed by atoms with Crippen molar-refractivity contribution in [2.75, 3.05) is 13.0 Å². The highest BCUT2D eigenvalue weighted by molar-refractivity contribution is 7.51. The summed E-state index contributed by atoms with van der Waals surface area (Å²) in [5.41, 5.74) is -0.643. The van der Waals surface area contributed by atoms with Crippen LogP contribution in [0.25, 0.3) is 0 Å². The molecule has 0 saturated carbocycles. The molecule has 0 amide bonds. The Balaban J connectivity index is 2.69. The molecule has 1 aromatic heterocycles. The van der Waals surface area contributed by atoms with Crippen molar-refractivity contribution in [3.8, 4) is 0 Å². The minimum absolute atomic E-state index is 0.0994. The second-order valence-electron chi connectivity index (χ2n) is 3.99. The molecule has 1 heterocycles. The maximum atomic E-state index is 11.5. The van der Waals surface area contributed by atoms with E-state index < -0.39 is 31.2 Å². The fourth-order valence-corrected chi connectivity index (χ4v) is 1.67. The fraction of sp³-hybridized carbons (Fsp3) is 0.400. The molecule has 0 fully saturated rings. The Morgan fingerprint density at radius 3 is 2.74 bits per heavy atom. The summed E-state index contributed by atoms with van der Waals surface area (Å²) in [6, 6.07) is 0.725. The average molecular weight is 290 g/mol. The lowest BCUT2D eigenvalue weighted by atomic mass is 10.1. The first-order valence-corrected chi connectivity index (χ1v) is 7.12. The van der Waals surface area contributed by atoms with Gasteiger partial charge in [0.25, 0.3) is 5.56 Å². The van der Waals surface area contributed by atoms with Gasteiger partial charge in [0.1, 0.15) is 6.35 Å². The van der Waals surface area contributed by atoms with Crippen LogP contribution in [0.1, 0.15) is 13.0 Å². The molecule has 0 radical (unpaired) electrons. The molecule has 9 heteroatoms. The number of nitrogens with zero attached hydrogens (tertiary/aromatic N) is 1. The van der Waals surface area contributed by atoms with Gasteiger partial charge < -0.3 is 14.5 Å². The van der Waals surface area contributed by atoms with E-state index in [0.717, 1.165) is 0 Å². The van der Waals surface area contributed by atoms with Gasteiger partial charge in [-0.25, -0.2) is 4.79 Å². The van der Waals surface area contributed by atoms with Crippen LogP contribution in [-0.2, 0) is 9.30 Å². The summed E-state index contributed by atoms with van der Waals surface area (Å²) in [6.07, 6.45) is 0.610. The first-order valence-electron chi connectivity index (χ1n) is 5.32. The van der Waals surface area contributed by atoms with Crippen molar-refractivity contribution in [2.24, 2.45) is 0 Å². The molecule has 19 heavy (non-hydrogen) atoms. The van der Waals surface area contributed by atoms with Crippen LogP contribution in [0, 0.1) is 0 Å². The Labute approximate surface area is 108 Å². The molecule has 0 aromatic carbocycles. The maximum Gasteiger partial charge on any atom is 0.350 e. The van der Waals surface area contributed by atoms with E-state index in [9.17, 15) is 14.2 Å². The van der Waals surface area contributed by atoms with Gasteiger partial charge in [0, 0.05) is 12.3 Å². The van der Waals surface area contributed by atoms with Gasteiger partial charge >= 0.3 is 13.3 Å². The molecule has 1 unspecified atom stereocenters. The Kier molecular flexibility index (Phi) is 5.02. The molecule has 0 aliphatic heterocycles. The number of aromatic nitrogens is 2. The standard InChI is InChI=1S/C10H15N2O6P/c1-7(5-18-6-19(15,16)17)8(2)12-4-3-9(13)11-10(12)14/h3-4,8H,1,5-6H2,2H3,(H,11,13,14)(H2,15,16,17). The largest absolute Gasteiger partial charge is 0.364 e. The van der Waals surface area contributed by atoms with E-state index in [1.165, 1.54) is 16.8 Å². The summed E-state index contributed by atoms with van der Waals surface area (Å²) in [4.78, 5) is 41.8. The van der Waals surface area contributed by atoms with Crippen molar-refractivity contribution in [3.63, 3.8) is 0 Å². The topological polar surface area (TPSA) is 122 Å². The summed E-state index contributed by atoms with van der Waals surface area (Å²) in [5, 5.41) is 0. The predicted molar refractivity (Wildman–Crippen MR) is 68.0 cm³/mol. The molecule has 1 rings (SSSR count). The minimum Gasteiger partial charge on any atom is -0.364 e. The summed E-state index contributed by atoms with van der Waals surface area (Å²) >= 11 is 0. The Hall–Kier alpha value is -1.47. The van der Waals surface area contributed by atoms with Crippen molar-refractivity contribution >= 4 is 7.60 Å². The Bertz CT molecular complexity index is 613. The fourth-order valence-electron chi connectivity index (χ4n) is 1.35. The third-order valence-corrected chi connectivity index (χ3v) is 2.93. The normalized spacial score (nSPS) is 13.2. The maximum absolute atomic E-state index is 11.5. The first kappa shape index (κ1) is 15.6. The molecule has 3 N–H and O–H groups in total. The molecular formula is C10H15N2O6P. The smallest absolute Gasteiger partial charge is 0.350 e. The van der Waals surface area contributed by atoms with Gasteiger partial charge in [0.15, 0.2) is 0 Å². The predicted octanol–water partition coefficient (Wildman–Crippen LogP) is -0.194. The van der Waals surface area contributed by atoms with Crippen LogP contribution in [0.4, 0.5) is 0 Å². The number of nitrogens with one attached hydrogen (secondary N) is 1. The van der Waals surface area contributed by atoms with Crippen molar-refractivity contribution in [1.29, 1.82) is 0 Å². The molecule has 8 nitrogen and oxygen atoms in total. The van der Waals surface area contributed by atoms with E-state index >= 15 is 0 Å². The van der Waals surface area contributed by atoms with Crippen molar-refractivity contribution < 1.29 is 19.1 Å². The Morgan fingerprint density at radius 2 is 2.21 bits per heavy atom. The highest BCUT2D eigenvalue weighted by Gasteiger charge is 2.15. The first-order chi connectivity index (χ1) is 8.70. The molecular weight excluding hydrogens is 275 g/mol. The van der Waals surface area contributed by atoms with Gasteiger partial charge in [-0.05, 0) is 12.5 Å². The van der Waals surface area contributed by atoms with E-state index in [0.29, 0.717) is 5.57 Å². The lowest BCUT2D eigenvalue weighted by molar-refractivity contribution is 0.173.